The maximum atomic E-state index is 12.9. The predicted octanol–water partition coefficient (Wildman–Crippen LogP) is 1.67. The molecule has 0 aliphatic carbocycles. The van der Waals surface area contributed by atoms with E-state index in [0.717, 1.165) is 11.0 Å². The number of benzene rings is 1. The minimum Gasteiger partial charge on any atom is -0.379 e. The highest BCUT2D eigenvalue weighted by atomic mass is 32.2. The summed E-state index contributed by atoms with van der Waals surface area (Å²) in [7, 11) is -2.02. The summed E-state index contributed by atoms with van der Waals surface area (Å²) in [6.45, 7) is 3.96. The lowest BCUT2D eigenvalue weighted by Gasteiger charge is -2.25. The van der Waals surface area contributed by atoms with E-state index in [9.17, 15) is 13.2 Å². The molecule has 0 unspecified atom stereocenters. The van der Waals surface area contributed by atoms with Gasteiger partial charge in [-0.2, -0.15) is 4.31 Å². The van der Waals surface area contributed by atoms with E-state index in [0.29, 0.717) is 38.8 Å². The van der Waals surface area contributed by atoms with Crippen molar-refractivity contribution in [3.8, 4) is 0 Å². The van der Waals surface area contributed by atoms with Gasteiger partial charge in [0, 0.05) is 32.9 Å². The van der Waals surface area contributed by atoms with E-state index in [1.54, 1.807) is 7.05 Å². The minimum absolute atomic E-state index is 0.0936. The summed E-state index contributed by atoms with van der Waals surface area (Å²) in [5, 5.41) is 2.82. The Morgan fingerprint density at radius 1 is 1.24 bits per heavy atom. The summed E-state index contributed by atoms with van der Waals surface area (Å²) < 4.78 is 35.7. The number of carbonyl (C=O) groups is 1. The number of para-hydroxylation sites is 2. The van der Waals surface area contributed by atoms with Crippen molar-refractivity contribution < 1.29 is 17.9 Å². The zero-order chi connectivity index (χ0) is 20.6. The Balaban J connectivity index is 1.62. The van der Waals surface area contributed by atoms with E-state index in [-0.39, 0.29) is 10.6 Å². The number of amides is 1. The molecule has 2 aromatic heterocycles. The van der Waals surface area contributed by atoms with Crippen LogP contribution in [0.2, 0.25) is 0 Å². The number of rotatable bonds is 5. The van der Waals surface area contributed by atoms with E-state index >= 15 is 0 Å². The van der Waals surface area contributed by atoms with Crippen molar-refractivity contribution in [3.05, 3.63) is 42.2 Å². The van der Waals surface area contributed by atoms with Crippen LogP contribution in [0.4, 0.5) is 5.95 Å². The summed E-state index contributed by atoms with van der Waals surface area (Å²) in [6, 6.07) is 9.03. The number of sulfonamides is 1. The Hall–Kier alpha value is -2.69. The Labute approximate surface area is 168 Å². The molecule has 1 N–H and O–H groups in total. The van der Waals surface area contributed by atoms with Gasteiger partial charge in [-0.1, -0.05) is 12.1 Å². The second-order valence-corrected chi connectivity index (χ2v) is 8.75. The normalized spacial score (nSPS) is 15.7. The summed E-state index contributed by atoms with van der Waals surface area (Å²) in [5.74, 6) is 0.0124. The highest BCUT2D eigenvalue weighted by molar-refractivity contribution is 7.89. The third-order valence-corrected chi connectivity index (χ3v) is 6.88. The van der Waals surface area contributed by atoms with Gasteiger partial charge in [0.25, 0.3) is 5.91 Å². The lowest BCUT2D eigenvalue weighted by atomic mass is 10.3. The predicted molar refractivity (Wildman–Crippen MR) is 108 cm³/mol. The fourth-order valence-electron chi connectivity index (χ4n) is 3.49. The van der Waals surface area contributed by atoms with Gasteiger partial charge in [0.15, 0.2) is 0 Å². The smallest absolute Gasteiger partial charge is 0.274 e. The molecule has 3 heterocycles. The van der Waals surface area contributed by atoms with Gasteiger partial charge in [0.1, 0.15) is 10.6 Å². The standard InChI is InChI=1S/C19H23N5O4S/c1-3-24-16-7-5-4-6-15(16)20-19(24)21-18(25)17-12-14(13-22(17)2)29(26,27)23-8-10-28-11-9-23/h4-7,12-13H,3,8-11H2,1-2H3,(H,20,21,25). The minimum atomic E-state index is -3.67. The highest BCUT2D eigenvalue weighted by Gasteiger charge is 2.29. The van der Waals surface area contributed by atoms with E-state index < -0.39 is 15.9 Å². The van der Waals surface area contributed by atoms with Gasteiger partial charge < -0.3 is 13.9 Å². The quantitative estimate of drug-likeness (QED) is 0.681. The van der Waals surface area contributed by atoms with Crippen LogP contribution >= 0.6 is 0 Å². The number of morpholine rings is 1. The van der Waals surface area contributed by atoms with Crippen molar-refractivity contribution in [2.24, 2.45) is 7.05 Å². The molecule has 0 atom stereocenters. The van der Waals surface area contributed by atoms with E-state index in [1.165, 1.54) is 21.1 Å². The highest BCUT2D eigenvalue weighted by Crippen LogP contribution is 2.22. The molecule has 0 spiro atoms. The number of carbonyl (C=O) groups excluding carboxylic acids is 1. The Morgan fingerprint density at radius 3 is 2.69 bits per heavy atom. The largest absolute Gasteiger partial charge is 0.379 e. The van der Waals surface area contributed by atoms with Crippen LogP contribution in [0.3, 0.4) is 0 Å². The molecule has 4 rings (SSSR count). The second kappa shape index (κ2) is 7.62. The third kappa shape index (κ3) is 3.54. The first-order valence-electron chi connectivity index (χ1n) is 9.42. The molecule has 29 heavy (non-hydrogen) atoms. The number of nitrogens with one attached hydrogen (secondary N) is 1. The number of aryl methyl sites for hydroxylation is 2. The van der Waals surface area contributed by atoms with Crippen molar-refractivity contribution in [2.45, 2.75) is 18.4 Å². The molecule has 1 fully saturated rings. The van der Waals surface area contributed by atoms with Crippen LogP contribution in [0, 0.1) is 0 Å². The topological polar surface area (TPSA) is 98.5 Å². The fourth-order valence-corrected chi connectivity index (χ4v) is 4.97. The number of imidazole rings is 1. The number of hydrogen-bond donors (Lipinski definition) is 1. The molecule has 0 bridgehead atoms. The molecule has 1 aromatic carbocycles. The Bertz CT molecular complexity index is 1160. The number of fused-ring (bicyclic) bond motifs is 1. The molecular weight excluding hydrogens is 394 g/mol. The van der Waals surface area contributed by atoms with E-state index in [1.807, 2.05) is 35.8 Å². The number of aromatic nitrogens is 3. The average molecular weight is 417 g/mol. The molecule has 9 nitrogen and oxygen atoms in total. The third-order valence-electron chi connectivity index (χ3n) is 5.02. The molecule has 1 aliphatic rings. The summed E-state index contributed by atoms with van der Waals surface area (Å²) in [5.41, 5.74) is 1.95. The summed E-state index contributed by atoms with van der Waals surface area (Å²) in [4.78, 5) is 17.5. The molecule has 0 saturated carbocycles. The molecule has 3 aromatic rings. The molecule has 1 saturated heterocycles. The van der Waals surface area contributed by atoms with Gasteiger partial charge >= 0.3 is 0 Å². The van der Waals surface area contributed by atoms with Gasteiger partial charge in [-0.25, -0.2) is 13.4 Å². The molecule has 1 amide bonds. The van der Waals surface area contributed by atoms with Gasteiger partial charge in [-0.3, -0.25) is 10.1 Å². The first-order chi connectivity index (χ1) is 13.9. The van der Waals surface area contributed by atoms with Gasteiger partial charge in [-0.15, -0.1) is 0 Å². The number of hydrogen-bond acceptors (Lipinski definition) is 5. The summed E-state index contributed by atoms with van der Waals surface area (Å²) >= 11 is 0. The van der Waals surface area contributed by atoms with Crippen molar-refractivity contribution in [2.75, 3.05) is 31.6 Å². The SMILES string of the molecule is CCn1c(NC(=O)c2cc(S(=O)(=O)N3CCOCC3)cn2C)nc2ccccc21. The molecule has 0 radical (unpaired) electrons. The maximum absolute atomic E-state index is 12.9. The van der Waals surface area contributed by atoms with Gasteiger partial charge in [0.05, 0.1) is 24.2 Å². The summed E-state index contributed by atoms with van der Waals surface area (Å²) in [6.07, 6.45) is 1.46. The van der Waals surface area contributed by atoms with Gasteiger partial charge in [0.2, 0.25) is 16.0 Å². The van der Waals surface area contributed by atoms with Crippen molar-refractivity contribution >= 4 is 32.9 Å². The van der Waals surface area contributed by atoms with Crippen LogP contribution < -0.4 is 5.32 Å². The van der Waals surface area contributed by atoms with Crippen LogP contribution in [0.25, 0.3) is 11.0 Å². The average Bonchev–Trinajstić information content (AvgIpc) is 3.29. The number of nitrogens with zero attached hydrogens (tertiary/aromatic N) is 4. The Kier molecular flexibility index (Phi) is 5.15. The van der Waals surface area contributed by atoms with Crippen LogP contribution in [0.15, 0.2) is 41.4 Å². The van der Waals surface area contributed by atoms with Crippen LogP contribution in [-0.2, 0) is 28.4 Å². The lowest BCUT2D eigenvalue weighted by molar-refractivity contribution is 0.0730. The molecule has 10 heteroatoms. The van der Waals surface area contributed by atoms with Crippen LogP contribution in [-0.4, -0.2) is 59.1 Å². The first-order valence-corrected chi connectivity index (χ1v) is 10.9. The second-order valence-electron chi connectivity index (χ2n) is 6.81. The lowest BCUT2D eigenvalue weighted by Crippen LogP contribution is -2.40. The Morgan fingerprint density at radius 2 is 1.97 bits per heavy atom. The van der Waals surface area contributed by atoms with Gasteiger partial charge in [-0.05, 0) is 25.1 Å². The van der Waals surface area contributed by atoms with Crippen molar-refractivity contribution in [1.82, 2.24) is 18.4 Å². The zero-order valence-corrected chi connectivity index (χ0v) is 17.1. The maximum Gasteiger partial charge on any atom is 0.274 e. The molecular formula is C19H23N5O4S. The van der Waals surface area contributed by atoms with E-state index in [2.05, 4.69) is 10.3 Å². The van der Waals surface area contributed by atoms with Crippen molar-refractivity contribution in [3.63, 3.8) is 0 Å². The molecule has 154 valence electrons. The fraction of sp³-hybridized carbons (Fsp3) is 0.368. The number of anilines is 1. The van der Waals surface area contributed by atoms with E-state index in [4.69, 9.17) is 4.74 Å². The van der Waals surface area contributed by atoms with Crippen LogP contribution in [0.5, 0.6) is 0 Å². The zero-order valence-electron chi connectivity index (χ0n) is 16.3. The van der Waals surface area contributed by atoms with Crippen LogP contribution in [0.1, 0.15) is 17.4 Å². The molecule has 1 aliphatic heterocycles. The first kappa shape index (κ1) is 19.6. The monoisotopic (exact) mass is 417 g/mol. The number of ether oxygens (including phenoxy) is 1. The van der Waals surface area contributed by atoms with Crippen molar-refractivity contribution in [1.29, 1.82) is 0 Å².